The van der Waals surface area contributed by atoms with Crippen molar-refractivity contribution in [2.75, 3.05) is 41.8 Å². The number of hydrogen-bond acceptors (Lipinski definition) is 7. The Balaban J connectivity index is 1.83. The van der Waals surface area contributed by atoms with Crippen LogP contribution in [0.1, 0.15) is 39.0 Å². The van der Waals surface area contributed by atoms with Crippen molar-refractivity contribution in [2.45, 2.75) is 44.6 Å². The number of nitrogens with one attached hydrogen (secondary N) is 2. The fraction of sp³-hybridized carbons (Fsp3) is 0.786. The van der Waals surface area contributed by atoms with Crippen LogP contribution in [0.2, 0.25) is 0 Å². The molecule has 116 valence electrons. The van der Waals surface area contributed by atoms with Crippen LogP contribution in [0.15, 0.2) is 0 Å². The van der Waals surface area contributed by atoms with Crippen molar-refractivity contribution in [2.24, 2.45) is 0 Å². The van der Waals surface area contributed by atoms with E-state index in [9.17, 15) is 5.11 Å². The van der Waals surface area contributed by atoms with Crippen molar-refractivity contribution in [3.8, 4) is 0 Å². The number of aromatic nitrogens is 3. The van der Waals surface area contributed by atoms with E-state index in [-0.39, 0.29) is 12.1 Å². The van der Waals surface area contributed by atoms with Gasteiger partial charge in [0.15, 0.2) is 0 Å². The van der Waals surface area contributed by atoms with Crippen molar-refractivity contribution in [1.29, 1.82) is 0 Å². The Labute approximate surface area is 125 Å². The van der Waals surface area contributed by atoms with Crippen molar-refractivity contribution in [3.05, 3.63) is 0 Å². The van der Waals surface area contributed by atoms with E-state index in [0.717, 1.165) is 44.8 Å². The topological polar surface area (TPSA) is 86.2 Å². The third kappa shape index (κ3) is 3.02. The maximum absolute atomic E-state index is 9.59. The summed E-state index contributed by atoms with van der Waals surface area (Å²) in [5, 5.41) is 16.1. The van der Waals surface area contributed by atoms with Crippen molar-refractivity contribution in [3.63, 3.8) is 0 Å². The van der Waals surface area contributed by atoms with Gasteiger partial charge in [0.2, 0.25) is 17.8 Å². The second-order valence-corrected chi connectivity index (χ2v) is 5.92. The van der Waals surface area contributed by atoms with E-state index in [2.05, 4.69) is 30.5 Å². The standard InChI is InChI=1S/C14H24N6O/c1-2-15-11-16-12(19-14(10-21)6-5-7-14)18-13(17-11)20-8-3-4-9-20/h21H,2-10H2,1H3,(H2,15,16,17,18,19). The highest BCUT2D eigenvalue weighted by Gasteiger charge is 2.37. The number of rotatable bonds is 6. The van der Waals surface area contributed by atoms with Gasteiger partial charge in [-0.1, -0.05) is 0 Å². The van der Waals surface area contributed by atoms with Crippen LogP contribution in [0.3, 0.4) is 0 Å². The fourth-order valence-corrected chi connectivity index (χ4v) is 2.88. The maximum atomic E-state index is 9.59. The molecule has 2 heterocycles. The molecule has 1 saturated heterocycles. The first-order chi connectivity index (χ1) is 10.2. The highest BCUT2D eigenvalue weighted by Crippen LogP contribution is 2.34. The Morgan fingerprint density at radius 3 is 2.38 bits per heavy atom. The summed E-state index contributed by atoms with van der Waals surface area (Å²) in [6, 6.07) is 0. The number of nitrogens with zero attached hydrogens (tertiary/aromatic N) is 4. The van der Waals surface area contributed by atoms with Crippen molar-refractivity contribution in [1.82, 2.24) is 15.0 Å². The van der Waals surface area contributed by atoms with E-state index in [0.29, 0.717) is 11.9 Å². The molecule has 3 rings (SSSR count). The summed E-state index contributed by atoms with van der Waals surface area (Å²) >= 11 is 0. The van der Waals surface area contributed by atoms with Gasteiger partial charge in [-0.3, -0.25) is 0 Å². The van der Waals surface area contributed by atoms with Crippen LogP contribution in [0.25, 0.3) is 0 Å². The third-order valence-corrected chi connectivity index (χ3v) is 4.34. The maximum Gasteiger partial charge on any atom is 0.231 e. The van der Waals surface area contributed by atoms with Crippen molar-refractivity contribution < 1.29 is 5.11 Å². The summed E-state index contributed by atoms with van der Waals surface area (Å²) in [5.41, 5.74) is -0.243. The first-order valence-corrected chi connectivity index (χ1v) is 7.89. The molecule has 1 saturated carbocycles. The normalized spacial score (nSPS) is 20.2. The van der Waals surface area contributed by atoms with Crippen LogP contribution >= 0.6 is 0 Å². The molecule has 0 amide bonds. The number of aliphatic hydroxyl groups is 1. The fourth-order valence-electron chi connectivity index (χ4n) is 2.88. The van der Waals surface area contributed by atoms with Gasteiger partial charge in [0.05, 0.1) is 12.1 Å². The molecule has 7 nitrogen and oxygen atoms in total. The molecule has 21 heavy (non-hydrogen) atoms. The second kappa shape index (κ2) is 6.01. The van der Waals surface area contributed by atoms with E-state index in [1.54, 1.807) is 0 Å². The van der Waals surface area contributed by atoms with E-state index < -0.39 is 0 Å². The molecule has 3 N–H and O–H groups in total. The number of aliphatic hydroxyl groups excluding tert-OH is 1. The summed E-state index contributed by atoms with van der Waals surface area (Å²) in [5.74, 6) is 1.90. The zero-order valence-corrected chi connectivity index (χ0v) is 12.6. The lowest BCUT2D eigenvalue weighted by Crippen LogP contribution is -2.48. The monoisotopic (exact) mass is 292 g/mol. The van der Waals surface area contributed by atoms with Crippen LogP contribution in [0.5, 0.6) is 0 Å². The van der Waals surface area contributed by atoms with Gasteiger partial charge < -0.3 is 20.6 Å². The Bertz CT molecular complexity index is 479. The van der Waals surface area contributed by atoms with Crippen LogP contribution in [-0.2, 0) is 0 Å². The van der Waals surface area contributed by atoms with Gasteiger partial charge in [-0.05, 0) is 39.0 Å². The molecule has 1 aromatic heterocycles. The van der Waals surface area contributed by atoms with Crippen molar-refractivity contribution >= 4 is 17.8 Å². The van der Waals surface area contributed by atoms with Gasteiger partial charge in [-0.15, -0.1) is 0 Å². The smallest absolute Gasteiger partial charge is 0.231 e. The molecule has 1 aliphatic heterocycles. The molecular weight excluding hydrogens is 268 g/mol. The van der Waals surface area contributed by atoms with E-state index in [4.69, 9.17) is 0 Å². The molecule has 0 aromatic carbocycles. The minimum Gasteiger partial charge on any atom is -0.394 e. The minimum atomic E-state index is -0.243. The lowest BCUT2D eigenvalue weighted by molar-refractivity contribution is 0.143. The molecule has 0 unspecified atom stereocenters. The lowest BCUT2D eigenvalue weighted by atomic mass is 9.77. The molecule has 1 aliphatic carbocycles. The summed E-state index contributed by atoms with van der Waals surface area (Å²) in [6.45, 7) is 4.91. The summed E-state index contributed by atoms with van der Waals surface area (Å²) in [4.78, 5) is 15.7. The van der Waals surface area contributed by atoms with E-state index in [1.807, 2.05) is 6.92 Å². The van der Waals surface area contributed by atoms with E-state index >= 15 is 0 Å². The molecule has 0 bridgehead atoms. The van der Waals surface area contributed by atoms with Gasteiger partial charge in [0, 0.05) is 19.6 Å². The van der Waals surface area contributed by atoms with E-state index in [1.165, 1.54) is 12.8 Å². The Morgan fingerprint density at radius 2 is 1.81 bits per heavy atom. The molecule has 0 spiro atoms. The highest BCUT2D eigenvalue weighted by atomic mass is 16.3. The number of anilines is 3. The molecule has 0 radical (unpaired) electrons. The first-order valence-electron chi connectivity index (χ1n) is 7.89. The highest BCUT2D eigenvalue weighted by molar-refractivity contribution is 5.45. The molecule has 2 aliphatic rings. The predicted molar refractivity (Wildman–Crippen MR) is 82.7 cm³/mol. The summed E-state index contributed by atoms with van der Waals surface area (Å²) in [7, 11) is 0. The largest absolute Gasteiger partial charge is 0.394 e. The Morgan fingerprint density at radius 1 is 1.10 bits per heavy atom. The van der Waals surface area contributed by atoms with Crippen LogP contribution in [-0.4, -0.2) is 51.8 Å². The second-order valence-electron chi connectivity index (χ2n) is 5.92. The molecule has 2 fully saturated rings. The predicted octanol–water partition coefficient (Wildman–Crippen LogP) is 1.23. The van der Waals surface area contributed by atoms with Gasteiger partial charge in [0.25, 0.3) is 0 Å². The summed E-state index contributed by atoms with van der Waals surface area (Å²) < 4.78 is 0. The Kier molecular flexibility index (Phi) is 4.10. The average molecular weight is 292 g/mol. The van der Waals surface area contributed by atoms with Crippen LogP contribution in [0, 0.1) is 0 Å². The third-order valence-electron chi connectivity index (χ3n) is 4.34. The average Bonchev–Trinajstić information content (AvgIpc) is 2.97. The van der Waals surface area contributed by atoms with Crippen LogP contribution < -0.4 is 15.5 Å². The SMILES string of the molecule is CCNc1nc(NC2(CO)CCC2)nc(N2CCCC2)n1. The molecule has 1 aromatic rings. The molecule has 7 heteroatoms. The van der Waals surface area contributed by atoms with Gasteiger partial charge in [-0.25, -0.2) is 0 Å². The quantitative estimate of drug-likeness (QED) is 0.727. The first kappa shape index (κ1) is 14.3. The molecule has 0 atom stereocenters. The summed E-state index contributed by atoms with van der Waals surface area (Å²) in [6.07, 6.45) is 5.43. The van der Waals surface area contributed by atoms with Crippen LogP contribution in [0.4, 0.5) is 17.8 Å². The zero-order chi connectivity index (χ0) is 14.7. The molecular formula is C14H24N6O. The van der Waals surface area contributed by atoms with Gasteiger partial charge >= 0.3 is 0 Å². The minimum absolute atomic E-state index is 0.119. The zero-order valence-electron chi connectivity index (χ0n) is 12.6. The lowest BCUT2D eigenvalue weighted by Gasteiger charge is -2.41. The number of hydrogen-bond donors (Lipinski definition) is 3. The van der Waals surface area contributed by atoms with Gasteiger partial charge in [0.1, 0.15) is 0 Å². The Hall–Kier alpha value is -1.63. The van der Waals surface area contributed by atoms with Gasteiger partial charge in [-0.2, -0.15) is 15.0 Å².